The molecule has 2 aromatic rings. The van der Waals surface area contributed by atoms with Gasteiger partial charge in [0.05, 0.1) is 0 Å². The van der Waals surface area contributed by atoms with E-state index < -0.39 is 0 Å². The monoisotopic (exact) mass is 307 g/mol. The van der Waals surface area contributed by atoms with Gasteiger partial charge in [-0.15, -0.1) is 6.42 Å². The maximum Gasteiger partial charge on any atom is 0.262 e. The van der Waals surface area contributed by atoms with Crippen LogP contribution in [0.15, 0.2) is 48.5 Å². The van der Waals surface area contributed by atoms with Crippen molar-refractivity contribution in [2.24, 2.45) is 0 Å². The lowest BCUT2D eigenvalue weighted by Crippen LogP contribution is -2.20. The second-order valence-electron chi connectivity index (χ2n) is 6.33. The molecule has 0 spiro atoms. The van der Waals surface area contributed by atoms with E-state index in [0.717, 1.165) is 5.56 Å². The van der Waals surface area contributed by atoms with Crippen molar-refractivity contribution in [3.05, 3.63) is 59.7 Å². The summed E-state index contributed by atoms with van der Waals surface area (Å²) in [7, 11) is 0. The molecule has 0 heterocycles. The van der Waals surface area contributed by atoms with Gasteiger partial charge in [-0.25, -0.2) is 0 Å². The summed E-state index contributed by atoms with van der Waals surface area (Å²) in [6.07, 6.45) is 5.29. The minimum absolute atomic E-state index is 0.0360. The topological polar surface area (TPSA) is 38.3 Å². The molecule has 1 N–H and O–H groups in total. The molecule has 118 valence electrons. The van der Waals surface area contributed by atoms with E-state index in [1.807, 2.05) is 24.3 Å². The molecule has 0 saturated carbocycles. The molecule has 0 fully saturated rings. The molecule has 0 bridgehead atoms. The van der Waals surface area contributed by atoms with Gasteiger partial charge in [0, 0.05) is 11.3 Å². The van der Waals surface area contributed by atoms with E-state index in [1.54, 1.807) is 24.3 Å². The first-order valence-electron chi connectivity index (χ1n) is 7.48. The first-order chi connectivity index (χ1) is 10.9. The Morgan fingerprint density at radius 2 is 1.70 bits per heavy atom. The van der Waals surface area contributed by atoms with E-state index in [0.29, 0.717) is 11.4 Å². The van der Waals surface area contributed by atoms with Crippen molar-refractivity contribution >= 4 is 11.6 Å². The lowest BCUT2D eigenvalue weighted by atomic mass is 9.87. The summed E-state index contributed by atoms with van der Waals surface area (Å²) in [5.74, 6) is 3.00. The fourth-order valence-electron chi connectivity index (χ4n) is 2.05. The molecule has 3 heteroatoms. The number of benzene rings is 2. The van der Waals surface area contributed by atoms with Crippen molar-refractivity contribution in [2.75, 3.05) is 11.9 Å². The van der Waals surface area contributed by atoms with Gasteiger partial charge >= 0.3 is 0 Å². The van der Waals surface area contributed by atoms with Gasteiger partial charge in [-0.05, 0) is 47.4 Å². The zero-order valence-corrected chi connectivity index (χ0v) is 13.7. The number of carbonyl (C=O) groups is 1. The molecule has 0 aromatic heterocycles. The Morgan fingerprint density at radius 3 is 2.22 bits per heavy atom. The van der Waals surface area contributed by atoms with Crippen molar-refractivity contribution in [3.8, 4) is 18.1 Å². The molecule has 0 aliphatic rings. The predicted octanol–water partition coefficient (Wildman–Crippen LogP) is 3.98. The van der Waals surface area contributed by atoms with Crippen molar-refractivity contribution in [1.82, 2.24) is 0 Å². The van der Waals surface area contributed by atoms with Crippen molar-refractivity contribution < 1.29 is 9.53 Å². The lowest BCUT2D eigenvalue weighted by Gasteiger charge is -2.19. The molecule has 3 nitrogen and oxygen atoms in total. The molecule has 0 atom stereocenters. The van der Waals surface area contributed by atoms with Crippen LogP contribution in [0.25, 0.3) is 0 Å². The molecule has 0 radical (unpaired) electrons. The number of carbonyl (C=O) groups excluding carboxylic acids is 1. The third-order valence-electron chi connectivity index (χ3n) is 3.43. The summed E-state index contributed by atoms with van der Waals surface area (Å²) in [6, 6.07) is 14.9. The highest BCUT2D eigenvalue weighted by Crippen LogP contribution is 2.24. The number of ether oxygens (including phenoxy) is 1. The van der Waals surface area contributed by atoms with Crippen molar-refractivity contribution in [1.29, 1.82) is 0 Å². The molecule has 1 amide bonds. The van der Waals surface area contributed by atoms with E-state index in [9.17, 15) is 4.79 Å². The average Bonchev–Trinajstić information content (AvgIpc) is 2.53. The zero-order chi connectivity index (χ0) is 16.9. The van der Waals surface area contributed by atoms with E-state index in [1.165, 1.54) is 5.56 Å². The van der Waals surface area contributed by atoms with Crippen LogP contribution in [0.3, 0.4) is 0 Å². The van der Waals surface area contributed by atoms with Crippen LogP contribution in [0, 0.1) is 12.3 Å². The van der Waals surface area contributed by atoms with Gasteiger partial charge in [0.2, 0.25) is 0 Å². The number of terminal acetylenes is 1. The number of hydrogen-bond donors (Lipinski definition) is 1. The quantitative estimate of drug-likeness (QED) is 0.868. The SMILES string of the molecule is C#Cc1ccc(NC(=O)COc2ccc(C(C)(C)C)cc2)cc1. The summed E-state index contributed by atoms with van der Waals surface area (Å²) in [5, 5.41) is 2.77. The first kappa shape index (κ1) is 16.6. The number of nitrogens with one attached hydrogen (secondary N) is 1. The Hall–Kier alpha value is -2.73. The normalized spacial score (nSPS) is 10.7. The maximum atomic E-state index is 11.9. The molecule has 2 rings (SSSR count). The Balaban J connectivity index is 1.87. The fraction of sp³-hybridized carbons (Fsp3) is 0.250. The van der Waals surface area contributed by atoms with Gasteiger partial charge in [-0.2, -0.15) is 0 Å². The van der Waals surface area contributed by atoms with Gasteiger partial charge in [0.25, 0.3) is 5.91 Å². The summed E-state index contributed by atoms with van der Waals surface area (Å²) in [5.41, 5.74) is 2.79. The number of hydrogen-bond acceptors (Lipinski definition) is 2. The van der Waals surface area contributed by atoms with Crippen LogP contribution >= 0.6 is 0 Å². The Morgan fingerprint density at radius 1 is 1.09 bits per heavy atom. The second kappa shape index (κ2) is 7.02. The summed E-state index contributed by atoms with van der Waals surface area (Å²) in [4.78, 5) is 11.9. The van der Waals surface area contributed by atoms with E-state index >= 15 is 0 Å². The largest absolute Gasteiger partial charge is 0.484 e. The maximum absolute atomic E-state index is 11.9. The highest BCUT2D eigenvalue weighted by molar-refractivity contribution is 5.91. The molecule has 0 unspecified atom stereocenters. The highest BCUT2D eigenvalue weighted by Gasteiger charge is 2.13. The van der Waals surface area contributed by atoms with Crippen LogP contribution < -0.4 is 10.1 Å². The summed E-state index contributed by atoms with van der Waals surface area (Å²) >= 11 is 0. The molecule has 0 saturated heterocycles. The van der Waals surface area contributed by atoms with Gasteiger partial charge in [-0.1, -0.05) is 38.8 Å². The molecule has 0 aliphatic heterocycles. The highest BCUT2D eigenvalue weighted by atomic mass is 16.5. The van der Waals surface area contributed by atoms with E-state index in [-0.39, 0.29) is 17.9 Å². The Bertz CT molecular complexity index is 701. The minimum atomic E-state index is -0.210. The zero-order valence-electron chi connectivity index (χ0n) is 13.7. The van der Waals surface area contributed by atoms with Crippen molar-refractivity contribution in [3.63, 3.8) is 0 Å². The second-order valence-corrected chi connectivity index (χ2v) is 6.33. The number of anilines is 1. The van der Waals surface area contributed by atoms with E-state index in [4.69, 9.17) is 11.2 Å². The standard InChI is InChI=1S/C20H21NO2/c1-5-15-6-10-17(11-7-15)21-19(22)14-23-18-12-8-16(9-13-18)20(2,3)4/h1,6-13H,14H2,2-4H3,(H,21,22). The molecule has 23 heavy (non-hydrogen) atoms. The lowest BCUT2D eigenvalue weighted by molar-refractivity contribution is -0.118. The predicted molar refractivity (Wildman–Crippen MR) is 93.6 cm³/mol. The molecular weight excluding hydrogens is 286 g/mol. The summed E-state index contributed by atoms with van der Waals surface area (Å²) in [6.45, 7) is 6.43. The minimum Gasteiger partial charge on any atom is -0.484 e. The van der Waals surface area contributed by atoms with Gasteiger partial charge in [-0.3, -0.25) is 4.79 Å². The smallest absolute Gasteiger partial charge is 0.262 e. The molecule has 0 aliphatic carbocycles. The Kier molecular flexibility index (Phi) is 5.08. The molecule has 2 aromatic carbocycles. The molecular formula is C20H21NO2. The van der Waals surface area contributed by atoms with Crippen LogP contribution in [0.2, 0.25) is 0 Å². The van der Waals surface area contributed by atoms with Crippen LogP contribution in [0.5, 0.6) is 5.75 Å². The first-order valence-corrected chi connectivity index (χ1v) is 7.48. The average molecular weight is 307 g/mol. The van der Waals surface area contributed by atoms with E-state index in [2.05, 4.69) is 32.0 Å². The number of rotatable bonds is 4. The van der Waals surface area contributed by atoms with Crippen LogP contribution in [0.1, 0.15) is 31.9 Å². The summed E-state index contributed by atoms with van der Waals surface area (Å²) < 4.78 is 5.51. The van der Waals surface area contributed by atoms with Crippen LogP contribution in [-0.4, -0.2) is 12.5 Å². The van der Waals surface area contributed by atoms with Crippen LogP contribution in [-0.2, 0) is 10.2 Å². The van der Waals surface area contributed by atoms with Gasteiger partial charge < -0.3 is 10.1 Å². The fourth-order valence-corrected chi connectivity index (χ4v) is 2.05. The van der Waals surface area contributed by atoms with Gasteiger partial charge in [0.15, 0.2) is 6.61 Å². The number of amides is 1. The Labute approximate surface area is 137 Å². The van der Waals surface area contributed by atoms with Gasteiger partial charge in [0.1, 0.15) is 5.75 Å². The third kappa shape index (κ3) is 4.89. The van der Waals surface area contributed by atoms with Crippen molar-refractivity contribution in [2.45, 2.75) is 26.2 Å². The van der Waals surface area contributed by atoms with Crippen LogP contribution in [0.4, 0.5) is 5.69 Å². The third-order valence-corrected chi connectivity index (χ3v) is 3.43.